The van der Waals surface area contributed by atoms with E-state index in [-0.39, 0.29) is 11.4 Å². The molecule has 2 aliphatic carbocycles. The van der Waals surface area contributed by atoms with E-state index in [0.29, 0.717) is 6.42 Å². The van der Waals surface area contributed by atoms with E-state index in [1.54, 1.807) is 18.4 Å². The van der Waals surface area contributed by atoms with Gasteiger partial charge in [-0.2, -0.15) is 0 Å². The third-order valence-corrected chi connectivity index (χ3v) is 5.26. The second-order valence-corrected chi connectivity index (χ2v) is 6.06. The number of ether oxygens (including phenoxy) is 1. The molecule has 2 aliphatic rings. The number of aromatic nitrogens is 1. The Morgan fingerprint density at radius 1 is 1.24 bits per heavy atom. The molecule has 1 heterocycles. The van der Waals surface area contributed by atoms with Gasteiger partial charge < -0.3 is 4.74 Å². The molecule has 4 heteroatoms. The van der Waals surface area contributed by atoms with Crippen molar-refractivity contribution in [3.05, 3.63) is 15.6 Å². The van der Waals surface area contributed by atoms with Crippen LogP contribution in [0.4, 0.5) is 0 Å². The van der Waals surface area contributed by atoms with Crippen molar-refractivity contribution in [1.29, 1.82) is 0 Å². The number of carbonyl (C=O) groups excluding carboxylic acids is 1. The van der Waals surface area contributed by atoms with Gasteiger partial charge in [-0.3, -0.25) is 4.79 Å². The van der Waals surface area contributed by atoms with Crippen LogP contribution in [0.5, 0.6) is 0 Å². The lowest BCUT2D eigenvalue weighted by Gasteiger charge is -2.24. The number of thiazole rings is 1. The summed E-state index contributed by atoms with van der Waals surface area (Å²) in [6.07, 6.45) is 7.15. The summed E-state index contributed by atoms with van der Waals surface area (Å²) in [6, 6.07) is 0. The van der Waals surface area contributed by atoms with E-state index < -0.39 is 0 Å². The van der Waals surface area contributed by atoms with E-state index in [9.17, 15) is 4.79 Å². The van der Waals surface area contributed by atoms with Gasteiger partial charge in [-0.15, -0.1) is 11.3 Å². The van der Waals surface area contributed by atoms with E-state index >= 15 is 0 Å². The van der Waals surface area contributed by atoms with E-state index in [0.717, 1.165) is 36.4 Å². The molecule has 1 fully saturated rings. The van der Waals surface area contributed by atoms with Crippen LogP contribution in [0.1, 0.15) is 58.9 Å². The van der Waals surface area contributed by atoms with Crippen LogP contribution < -0.4 is 0 Å². The molecule has 1 aromatic heterocycles. The summed E-state index contributed by atoms with van der Waals surface area (Å²) in [5.74, 6) is 0.220. The number of aryl methyl sites for hydroxylation is 1. The van der Waals surface area contributed by atoms with Crippen molar-refractivity contribution in [3.8, 4) is 0 Å². The Kier molecular flexibility index (Phi) is 2.79. The van der Waals surface area contributed by atoms with Gasteiger partial charge in [0.15, 0.2) is 5.78 Å². The van der Waals surface area contributed by atoms with Gasteiger partial charge in [0.25, 0.3) is 0 Å². The molecular weight excluding hydrogens is 234 g/mol. The van der Waals surface area contributed by atoms with Crippen molar-refractivity contribution in [2.45, 2.75) is 50.5 Å². The zero-order valence-electron chi connectivity index (χ0n) is 10.1. The Labute approximate surface area is 105 Å². The van der Waals surface area contributed by atoms with Crippen LogP contribution in [0.15, 0.2) is 0 Å². The third kappa shape index (κ3) is 1.74. The van der Waals surface area contributed by atoms with Crippen LogP contribution in [0, 0.1) is 0 Å². The number of fused-ring (bicyclic) bond motifs is 1. The lowest BCUT2D eigenvalue weighted by atomic mass is 10.0. The fraction of sp³-hybridized carbons (Fsp3) is 0.692. The summed E-state index contributed by atoms with van der Waals surface area (Å²) >= 11 is 1.70. The number of carbonyl (C=O) groups is 1. The first-order valence-electron chi connectivity index (χ1n) is 6.34. The Morgan fingerprint density at radius 3 is 2.65 bits per heavy atom. The standard InChI is InChI=1S/C13H17NO2S/c1-16-13(7-2-3-8-13)12-14-11-9(15)5-4-6-10(11)17-12/h2-8H2,1H3. The average molecular weight is 251 g/mol. The highest BCUT2D eigenvalue weighted by molar-refractivity contribution is 7.12. The predicted molar refractivity (Wildman–Crippen MR) is 66.5 cm³/mol. The molecule has 0 aliphatic heterocycles. The molecule has 0 N–H and O–H groups in total. The van der Waals surface area contributed by atoms with Gasteiger partial charge >= 0.3 is 0 Å². The maximum absolute atomic E-state index is 11.8. The van der Waals surface area contributed by atoms with Gasteiger partial charge in [-0.1, -0.05) is 12.8 Å². The predicted octanol–water partition coefficient (Wildman–Crippen LogP) is 3.08. The van der Waals surface area contributed by atoms with Crippen LogP contribution >= 0.6 is 11.3 Å². The summed E-state index contributed by atoms with van der Waals surface area (Å²) in [5, 5.41) is 1.04. The van der Waals surface area contributed by atoms with E-state index in [4.69, 9.17) is 4.74 Å². The van der Waals surface area contributed by atoms with Gasteiger partial charge in [-0.25, -0.2) is 4.98 Å². The molecule has 3 nitrogen and oxygen atoms in total. The second-order valence-electron chi connectivity index (χ2n) is 4.97. The lowest BCUT2D eigenvalue weighted by molar-refractivity contribution is -0.00892. The zero-order valence-corrected chi connectivity index (χ0v) is 10.9. The van der Waals surface area contributed by atoms with Gasteiger partial charge in [0.2, 0.25) is 0 Å². The maximum atomic E-state index is 11.8. The summed E-state index contributed by atoms with van der Waals surface area (Å²) in [5.41, 5.74) is 0.544. The van der Waals surface area contributed by atoms with Crippen LogP contribution in [-0.2, 0) is 16.8 Å². The lowest BCUT2D eigenvalue weighted by Crippen LogP contribution is -2.24. The number of hydrogen-bond donors (Lipinski definition) is 0. The Bertz CT molecular complexity index is 446. The monoisotopic (exact) mass is 251 g/mol. The number of rotatable bonds is 2. The van der Waals surface area contributed by atoms with E-state index in [1.807, 2.05) is 0 Å². The van der Waals surface area contributed by atoms with Gasteiger partial charge in [0.05, 0.1) is 0 Å². The second kappa shape index (κ2) is 4.18. The topological polar surface area (TPSA) is 39.2 Å². The molecule has 1 saturated carbocycles. The van der Waals surface area contributed by atoms with Crippen LogP contribution in [0.2, 0.25) is 0 Å². The number of ketones is 1. The summed E-state index contributed by atoms with van der Waals surface area (Å²) in [4.78, 5) is 17.6. The number of Topliss-reactive ketones (excluding diaryl/α,β-unsaturated/α-hetero) is 1. The molecule has 0 amide bonds. The highest BCUT2D eigenvalue weighted by Gasteiger charge is 2.40. The first-order chi connectivity index (χ1) is 8.25. The Balaban J connectivity index is 2.01. The minimum atomic E-state index is -0.192. The molecule has 0 atom stereocenters. The summed E-state index contributed by atoms with van der Waals surface area (Å²) in [7, 11) is 1.77. The summed E-state index contributed by atoms with van der Waals surface area (Å²) < 4.78 is 5.73. The fourth-order valence-electron chi connectivity index (χ4n) is 2.91. The fourth-order valence-corrected chi connectivity index (χ4v) is 4.26. The molecular formula is C13H17NO2S. The average Bonchev–Trinajstić information content (AvgIpc) is 2.96. The quantitative estimate of drug-likeness (QED) is 0.811. The van der Waals surface area contributed by atoms with E-state index in [2.05, 4.69) is 4.98 Å². The Morgan fingerprint density at radius 2 is 2.00 bits per heavy atom. The normalized spacial score (nSPS) is 22.8. The SMILES string of the molecule is COC1(c2nc3c(s2)CCCC3=O)CCCC1. The number of nitrogens with zero attached hydrogens (tertiary/aromatic N) is 1. The summed E-state index contributed by atoms with van der Waals surface area (Å²) in [6.45, 7) is 0. The number of methoxy groups -OCH3 is 1. The van der Waals surface area contributed by atoms with Crippen molar-refractivity contribution in [1.82, 2.24) is 4.98 Å². The third-order valence-electron chi connectivity index (χ3n) is 3.96. The highest BCUT2D eigenvalue weighted by atomic mass is 32.1. The zero-order chi connectivity index (χ0) is 11.9. The smallest absolute Gasteiger partial charge is 0.182 e. The van der Waals surface area contributed by atoms with Gasteiger partial charge in [0.1, 0.15) is 16.3 Å². The van der Waals surface area contributed by atoms with Crippen molar-refractivity contribution < 1.29 is 9.53 Å². The molecule has 92 valence electrons. The van der Waals surface area contributed by atoms with E-state index in [1.165, 1.54) is 17.7 Å². The van der Waals surface area contributed by atoms with Crippen molar-refractivity contribution in [3.63, 3.8) is 0 Å². The Hall–Kier alpha value is -0.740. The minimum absolute atomic E-state index is 0.192. The van der Waals surface area contributed by atoms with Gasteiger partial charge in [0, 0.05) is 18.4 Å². The molecule has 17 heavy (non-hydrogen) atoms. The largest absolute Gasteiger partial charge is 0.371 e. The molecule has 0 spiro atoms. The molecule has 3 rings (SSSR count). The molecule has 0 aromatic carbocycles. The van der Waals surface area contributed by atoms with Gasteiger partial charge in [-0.05, 0) is 25.7 Å². The van der Waals surface area contributed by atoms with Crippen LogP contribution in [-0.4, -0.2) is 17.9 Å². The molecule has 0 radical (unpaired) electrons. The van der Waals surface area contributed by atoms with Crippen LogP contribution in [0.25, 0.3) is 0 Å². The first kappa shape index (κ1) is 11.4. The maximum Gasteiger partial charge on any atom is 0.182 e. The van der Waals surface area contributed by atoms with Crippen molar-refractivity contribution >= 4 is 17.1 Å². The number of hydrogen-bond acceptors (Lipinski definition) is 4. The molecule has 0 saturated heterocycles. The first-order valence-corrected chi connectivity index (χ1v) is 7.15. The van der Waals surface area contributed by atoms with Crippen molar-refractivity contribution in [2.24, 2.45) is 0 Å². The highest BCUT2D eigenvalue weighted by Crippen LogP contribution is 2.44. The molecule has 0 bridgehead atoms. The van der Waals surface area contributed by atoms with Crippen molar-refractivity contribution in [2.75, 3.05) is 7.11 Å². The molecule has 0 unspecified atom stereocenters. The van der Waals surface area contributed by atoms with Crippen LogP contribution in [0.3, 0.4) is 0 Å². The molecule has 1 aromatic rings. The minimum Gasteiger partial charge on any atom is -0.371 e.